The molecule has 1 saturated carbocycles. The lowest BCUT2D eigenvalue weighted by Crippen LogP contribution is -2.45. The van der Waals surface area contributed by atoms with E-state index in [0.717, 1.165) is 62.6 Å². The SMILES string of the molecule is Cc1nc([C@H]2CCCCN2S(=O)(=O)N(C)C)nc2c1CCCN2CC1CC1. The molecule has 4 rings (SSSR count). The van der Waals surface area contributed by atoms with Crippen LogP contribution in [0.1, 0.15) is 61.6 Å². The van der Waals surface area contributed by atoms with E-state index in [1.807, 2.05) is 0 Å². The minimum Gasteiger partial charge on any atom is -0.356 e. The summed E-state index contributed by atoms with van der Waals surface area (Å²) in [6, 6.07) is -0.264. The van der Waals surface area contributed by atoms with Gasteiger partial charge in [0.05, 0.1) is 6.04 Å². The van der Waals surface area contributed by atoms with Crippen LogP contribution in [0.4, 0.5) is 5.82 Å². The van der Waals surface area contributed by atoms with E-state index >= 15 is 0 Å². The van der Waals surface area contributed by atoms with Gasteiger partial charge in [0.25, 0.3) is 10.2 Å². The van der Waals surface area contributed by atoms with Gasteiger partial charge in [-0.3, -0.25) is 0 Å². The molecule has 150 valence electrons. The van der Waals surface area contributed by atoms with E-state index < -0.39 is 10.2 Å². The number of hydrogen-bond acceptors (Lipinski definition) is 5. The van der Waals surface area contributed by atoms with Gasteiger partial charge in [-0.05, 0) is 51.4 Å². The lowest BCUT2D eigenvalue weighted by molar-refractivity contribution is 0.234. The molecular formula is C19H31N5O2S. The topological polar surface area (TPSA) is 69.6 Å². The molecule has 0 bridgehead atoms. The van der Waals surface area contributed by atoms with E-state index in [1.54, 1.807) is 18.4 Å². The monoisotopic (exact) mass is 393 g/mol. The summed E-state index contributed by atoms with van der Waals surface area (Å²) in [6.45, 7) is 4.71. The number of aromatic nitrogens is 2. The largest absolute Gasteiger partial charge is 0.356 e. The van der Waals surface area contributed by atoms with Crippen LogP contribution in [0.25, 0.3) is 0 Å². The second-order valence-electron chi connectivity index (χ2n) is 8.37. The highest BCUT2D eigenvalue weighted by Crippen LogP contribution is 2.37. The zero-order chi connectivity index (χ0) is 19.2. The smallest absolute Gasteiger partial charge is 0.282 e. The van der Waals surface area contributed by atoms with Crippen LogP contribution in [0.15, 0.2) is 0 Å². The fourth-order valence-corrected chi connectivity index (χ4v) is 5.60. The molecule has 1 saturated heterocycles. The Labute approximate surface area is 163 Å². The third-order valence-corrected chi connectivity index (χ3v) is 8.00. The van der Waals surface area contributed by atoms with Crippen molar-refractivity contribution in [3.8, 4) is 0 Å². The van der Waals surface area contributed by atoms with Crippen LogP contribution in [-0.4, -0.2) is 60.7 Å². The molecule has 3 heterocycles. The summed E-state index contributed by atoms with van der Waals surface area (Å²) in [4.78, 5) is 12.2. The van der Waals surface area contributed by atoms with Crippen molar-refractivity contribution in [1.82, 2.24) is 18.6 Å². The minimum atomic E-state index is -3.48. The maximum atomic E-state index is 12.8. The Morgan fingerprint density at radius 2 is 1.85 bits per heavy atom. The van der Waals surface area contributed by atoms with Gasteiger partial charge in [0.2, 0.25) is 0 Å². The summed E-state index contributed by atoms with van der Waals surface area (Å²) >= 11 is 0. The molecule has 1 atom stereocenters. The zero-order valence-corrected chi connectivity index (χ0v) is 17.5. The highest BCUT2D eigenvalue weighted by atomic mass is 32.2. The van der Waals surface area contributed by atoms with E-state index in [9.17, 15) is 8.42 Å². The first-order valence-electron chi connectivity index (χ1n) is 10.2. The van der Waals surface area contributed by atoms with Crippen LogP contribution in [-0.2, 0) is 16.6 Å². The van der Waals surface area contributed by atoms with Crippen molar-refractivity contribution < 1.29 is 8.42 Å². The molecular weight excluding hydrogens is 362 g/mol. The molecule has 27 heavy (non-hydrogen) atoms. The van der Waals surface area contributed by atoms with Gasteiger partial charge in [-0.25, -0.2) is 9.97 Å². The van der Waals surface area contributed by atoms with Crippen molar-refractivity contribution in [2.24, 2.45) is 5.92 Å². The number of aryl methyl sites for hydroxylation is 1. The van der Waals surface area contributed by atoms with Gasteiger partial charge in [0, 0.05) is 45.0 Å². The van der Waals surface area contributed by atoms with Gasteiger partial charge in [-0.1, -0.05) is 6.42 Å². The van der Waals surface area contributed by atoms with Crippen LogP contribution in [0.3, 0.4) is 0 Å². The van der Waals surface area contributed by atoms with Crippen molar-refractivity contribution in [2.45, 2.75) is 57.9 Å². The number of piperidine rings is 1. The molecule has 2 fully saturated rings. The Hall–Kier alpha value is -1.25. The first-order chi connectivity index (χ1) is 12.9. The Kier molecular flexibility index (Phi) is 5.16. The molecule has 8 heteroatoms. The molecule has 2 aliphatic heterocycles. The fourth-order valence-electron chi connectivity index (χ4n) is 4.30. The summed E-state index contributed by atoms with van der Waals surface area (Å²) < 4.78 is 28.6. The summed E-state index contributed by atoms with van der Waals surface area (Å²) in [7, 11) is -0.292. The normalized spacial score (nSPS) is 24.3. The maximum absolute atomic E-state index is 12.8. The van der Waals surface area contributed by atoms with Crippen molar-refractivity contribution in [2.75, 3.05) is 38.6 Å². The lowest BCUT2D eigenvalue weighted by atomic mass is 10.0. The van der Waals surface area contributed by atoms with Crippen molar-refractivity contribution >= 4 is 16.0 Å². The van der Waals surface area contributed by atoms with E-state index in [1.165, 1.54) is 22.7 Å². The first kappa shape index (κ1) is 19.1. The first-order valence-corrected chi connectivity index (χ1v) is 11.6. The second-order valence-corrected chi connectivity index (χ2v) is 10.5. The Morgan fingerprint density at radius 3 is 2.56 bits per heavy atom. The third-order valence-electron chi connectivity index (χ3n) is 6.05. The summed E-state index contributed by atoms with van der Waals surface area (Å²) in [5, 5.41) is 0. The molecule has 0 unspecified atom stereocenters. The molecule has 0 radical (unpaired) electrons. The third kappa shape index (κ3) is 3.71. The highest BCUT2D eigenvalue weighted by molar-refractivity contribution is 7.86. The summed E-state index contributed by atoms with van der Waals surface area (Å²) in [6.07, 6.45) is 7.49. The van der Waals surface area contributed by atoms with Crippen molar-refractivity contribution in [3.63, 3.8) is 0 Å². The van der Waals surface area contributed by atoms with Crippen LogP contribution < -0.4 is 4.90 Å². The minimum absolute atomic E-state index is 0.264. The second kappa shape index (κ2) is 7.29. The van der Waals surface area contributed by atoms with Gasteiger partial charge >= 0.3 is 0 Å². The van der Waals surface area contributed by atoms with E-state index in [0.29, 0.717) is 12.4 Å². The average molecular weight is 394 g/mol. The zero-order valence-electron chi connectivity index (χ0n) is 16.7. The summed E-state index contributed by atoms with van der Waals surface area (Å²) in [5.41, 5.74) is 2.27. The Balaban J connectivity index is 1.71. The predicted molar refractivity (Wildman–Crippen MR) is 106 cm³/mol. The Morgan fingerprint density at radius 1 is 1.07 bits per heavy atom. The number of fused-ring (bicyclic) bond motifs is 1. The molecule has 1 aromatic heterocycles. The number of hydrogen-bond donors (Lipinski definition) is 0. The van der Waals surface area contributed by atoms with Crippen LogP contribution in [0.2, 0.25) is 0 Å². The molecule has 0 aromatic carbocycles. The molecule has 3 aliphatic rings. The molecule has 1 aromatic rings. The predicted octanol–water partition coefficient (Wildman–Crippen LogP) is 2.28. The van der Waals surface area contributed by atoms with Crippen molar-refractivity contribution in [3.05, 3.63) is 17.1 Å². The number of nitrogens with zero attached hydrogens (tertiary/aromatic N) is 5. The molecule has 0 N–H and O–H groups in total. The number of anilines is 1. The average Bonchev–Trinajstić information content (AvgIpc) is 3.46. The van der Waals surface area contributed by atoms with Gasteiger partial charge in [0.1, 0.15) is 11.6 Å². The van der Waals surface area contributed by atoms with Crippen LogP contribution in [0.5, 0.6) is 0 Å². The quantitative estimate of drug-likeness (QED) is 0.768. The fraction of sp³-hybridized carbons (Fsp3) is 0.789. The molecule has 0 spiro atoms. The number of rotatable bonds is 5. The standard InChI is InChI=1S/C19H31N5O2S/c1-14-16-7-6-11-23(13-15-9-10-15)19(16)21-18(20-14)17-8-4-5-12-24(17)27(25,26)22(2)3/h15,17H,4-13H2,1-3H3/t17-/m1/s1. The van der Waals surface area contributed by atoms with E-state index in [4.69, 9.17) is 9.97 Å². The van der Waals surface area contributed by atoms with Gasteiger partial charge < -0.3 is 4.90 Å². The Bertz CT molecular complexity index is 807. The van der Waals surface area contributed by atoms with Crippen molar-refractivity contribution in [1.29, 1.82) is 0 Å². The van der Waals surface area contributed by atoms with Gasteiger partial charge in [-0.15, -0.1) is 0 Å². The maximum Gasteiger partial charge on any atom is 0.282 e. The van der Waals surface area contributed by atoms with Gasteiger partial charge in [0.15, 0.2) is 0 Å². The molecule has 0 amide bonds. The van der Waals surface area contributed by atoms with Gasteiger partial charge in [-0.2, -0.15) is 17.0 Å². The molecule has 1 aliphatic carbocycles. The molecule has 7 nitrogen and oxygen atoms in total. The van der Waals surface area contributed by atoms with E-state index in [2.05, 4.69) is 11.8 Å². The lowest BCUT2D eigenvalue weighted by Gasteiger charge is -2.37. The summed E-state index contributed by atoms with van der Waals surface area (Å²) in [5.74, 6) is 2.54. The highest BCUT2D eigenvalue weighted by Gasteiger charge is 2.37. The van der Waals surface area contributed by atoms with Crippen LogP contribution in [0, 0.1) is 12.8 Å². The van der Waals surface area contributed by atoms with Crippen LogP contribution >= 0.6 is 0 Å². The van der Waals surface area contributed by atoms with E-state index in [-0.39, 0.29) is 6.04 Å².